The van der Waals surface area contributed by atoms with Crippen molar-refractivity contribution in [3.05, 3.63) is 0 Å². The zero-order chi connectivity index (χ0) is 11.5. The summed E-state index contributed by atoms with van der Waals surface area (Å²) in [6.07, 6.45) is 3.78. The fourth-order valence-electron chi connectivity index (χ4n) is 2.42. The van der Waals surface area contributed by atoms with Gasteiger partial charge in [-0.3, -0.25) is 0 Å². The summed E-state index contributed by atoms with van der Waals surface area (Å²) in [4.78, 5) is 13.7. The van der Waals surface area contributed by atoms with E-state index in [2.05, 4.69) is 5.32 Å². The van der Waals surface area contributed by atoms with Gasteiger partial charge in [0.15, 0.2) is 0 Å². The molecule has 0 spiro atoms. The Labute approximate surface area is 97.3 Å². The first-order valence-electron chi connectivity index (χ1n) is 6.43. The SMILES string of the molecule is CCN(CC)C(=O)NC1CCOC1C1CC1. The maximum atomic E-state index is 11.9. The Hall–Kier alpha value is -0.770. The van der Waals surface area contributed by atoms with Crippen LogP contribution in [0, 0.1) is 5.92 Å². The van der Waals surface area contributed by atoms with Crippen LogP contribution in [0.4, 0.5) is 4.79 Å². The van der Waals surface area contributed by atoms with Gasteiger partial charge in [0.2, 0.25) is 0 Å². The Morgan fingerprint density at radius 1 is 1.31 bits per heavy atom. The highest BCUT2D eigenvalue weighted by atomic mass is 16.5. The first-order valence-corrected chi connectivity index (χ1v) is 6.43. The molecule has 1 heterocycles. The maximum Gasteiger partial charge on any atom is 0.317 e. The number of rotatable bonds is 4. The summed E-state index contributed by atoms with van der Waals surface area (Å²) >= 11 is 0. The molecule has 2 unspecified atom stereocenters. The fourth-order valence-corrected chi connectivity index (χ4v) is 2.42. The van der Waals surface area contributed by atoms with E-state index in [0.717, 1.165) is 26.1 Å². The van der Waals surface area contributed by atoms with Crippen molar-refractivity contribution >= 4 is 6.03 Å². The molecule has 0 aromatic heterocycles. The minimum Gasteiger partial charge on any atom is -0.376 e. The highest BCUT2D eigenvalue weighted by Gasteiger charge is 2.41. The second-order valence-corrected chi connectivity index (χ2v) is 4.69. The molecule has 2 rings (SSSR count). The third-order valence-electron chi connectivity index (χ3n) is 3.58. The number of urea groups is 1. The Morgan fingerprint density at radius 2 is 2.00 bits per heavy atom. The average molecular weight is 226 g/mol. The van der Waals surface area contributed by atoms with E-state index in [9.17, 15) is 4.79 Å². The Morgan fingerprint density at radius 3 is 2.56 bits per heavy atom. The zero-order valence-electron chi connectivity index (χ0n) is 10.2. The van der Waals surface area contributed by atoms with E-state index in [4.69, 9.17) is 4.74 Å². The van der Waals surface area contributed by atoms with E-state index in [1.807, 2.05) is 18.7 Å². The molecule has 2 aliphatic rings. The van der Waals surface area contributed by atoms with Gasteiger partial charge in [-0.25, -0.2) is 4.79 Å². The van der Waals surface area contributed by atoms with Crippen molar-refractivity contribution in [3.63, 3.8) is 0 Å². The fraction of sp³-hybridized carbons (Fsp3) is 0.917. The van der Waals surface area contributed by atoms with E-state index in [-0.39, 0.29) is 18.2 Å². The number of amides is 2. The molecule has 1 aliphatic carbocycles. The molecule has 2 amide bonds. The standard InChI is InChI=1S/C12H22N2O2/c1-3-14(4-2)12(15)13-10-7-8-16-11(10)9-5-6-9/h9-11H,3-8H2,1-2H3,(H,13,15). The van der Waals surface area contributed by atoms with Gasteiger partial charge in [0.05, 0.1) is 12.1 Å². The monoisotopic (exact) mass is 226 g/mol. The number of carbonyl (C=O) groups is 1. The summed E-state index contributed by atoms with van der Waals surface area (Å²) in [5.41, 5.74) is 0. The van der Waals surface area contributed by atoms with Crippen molar-refractivity contribution in [3.8, 4) is 0 Å². The summed E-state index contributed by atoms with van der Waals surface area (Å²) in [5.74, 6) is 0.699. The number of hydrogen-bond acceptors (Lipinski definition) is 2. The van der Waals surface area contributed by atoms with Crippen molar-refractivity contribution in [2.24, 2.45) is 5.92 Å². The van der Waals surface area contributed by atoms with Crippen LogP contribution in [0.25, 0.3) is 0 Å². The van der Waals surface area contributed by atoms with Gasteiger partial charge in [0.1, 0.15) is 0 Å². The van der Waals surface area contributed by atoms with Crippen LogP contribution in [0.2, 0.25) is 0 Å². The third kappa shape index (κ3) is 2.48. The molecule has 0 aromatic rings. The molecule has 16 heavy (non-hydrogen) atoms. The van der Waals surface area contributed by atoms with Crippen molar-refractivity contribution in [1.82, 2.24) is 10.2 Å². The Balaban J connectivity index is 1.85. The molecule has 0 radical (unpaired) electrons. The lowest BCUT2D eigenvalue weighted by Gasteiger charge is -2.25. The summed E-state index contributed by atoms with van der Waals surface area (Å²) in [7, 11) is 0. The summed E-state index contributed by atoms with van der Waals surface area (Å²) in [5, 5.41) is 3.11. The second kappa shape index (κ2) is 5.04. The van der Waals surface area contributed by atoms with Crippen LogP contribution in [-0.4, -0.2) is 42.8 Å². The molecule has 1 aliphatic heterocycles. The van der Waals surface area contributed by atoms with E-state index in [1.54, 1.807) is 0 Å². The van der Waals surface area contributed by atoms with Gasteiger partial charge in [-0.2, -0.15) is 0 Å². The number of nitrogens with one attached hydrogen (secondary N) is 1. The molecule has 2 atom stereocenters. The van der Waals surface area contributed by atoms with Crippen molar-refractivity contribution in [1.29, 1.82) is 0 Å². The molecule has 0 bridgehead atoms. The first kappa shape index (κ1) is 11.7. The van der Waals surface area contributed by atoms with E-state index < -0.39 is 0 Å². The molecule has 1 saturated heterocycles. The second-order valence-electron chi connectivity index (χ2n) is 4.69. The minimum atomic E-state index is 0.0613. The number of ether oxygens (including phenoxy) is 1. The summed E-state index contributed by atoms with van der Waals surface area (Å²) < 4.78 is 5.70. The number of carbonyl (C=O) groups excluding carboxylic acids is 1. The van der Waals surface area contributed by atoms with Gasteiger partial charge in [-0.1, -0.05) is 0 Å². The van der Waals surface area contributed by atoms with Gasteiger partial charge < -0.3 is 15.0 Å². The van der Waals surface area contributed by atoms with Gasteiger partial charge in [-0.15, -0.1) is 0 Å². The summed E-state index contributed by atoms with van der Waals surface area (Å²) in [6.45, 7) is 6.34. The van der Waals surface area contributed by atoms with Gasteiger partial charge >= 0.3 is 6.03 Å². The van der Waals surface area contributed by atoms with Crippen LogP contribution in [0.3, 0.4) is 0 Å². The molecule has 0 aromatic carbocycles. The van der Waals surface area contributed by atoms with E-state index in [0.29, 0.717) is 5.92 Å². The van der Waals surface area contributed by atoms with E-state index in [1.165, 1.54) is 12.8 Å². The van der Waals surface area contributed by atoms with Crippen molar-refractivity contribution in [2.75, 3.05) is 19.7 Å². The normalized spacial score (nSPS) is 29.1. The van der Waals surface area contributed by atoms with Crippen LogP contribution in [-0.2, 0) is 4.74 Å². The lowest BCUT2D eigenvalue weighted by Crippen LogP contribution is -2.48. The highest BCUT2D eigenvalue weighted by molar-refractivity contribution is 5.74. The van der Waals surface area contributed by atoms with Crippen molar-refractivity contribution < 1.29 is 9.53 Å². The molecule has 4 heteroatoms. The lowest BCUT2D eigenvalue weighted by atomic mass is 10.1. The highest BCUT2D eigenvalue weighted by Crippen LogP contribution is 2.38. The smallest absolute Gasteiger partial charge is 0.317 e. The van der Waals surface area contributed by atoms with Crippen LogP contribution in [0.5, 0.6) is 0 Å². The molecule has 1 N–H and O–H groups in total. The molecule has 1 saturated carbocycles. The molecular formula is C12H22N2O2. The molecule has 4 nitrogen and oxygen atoms in total. The van der Waals surface area contributed by atoms with E-state index >= 15 is 0 Å². The quantitative estimate of drug-likeness (QED) is 0.791. The average Bonchev–Trinajstić information content (AvgIpc) is 3.02. The number of nitrogens with zero attached hydrogens (tertiary/aromatic N) is 1. The van der Waals surface area contributed by atoms with Crippen LogP contribution >= 0.6 is 0 Å². The predicted molar refractivity (Wildman–Crippen MR) is 62.3 cm³/mol. The van der Waals surface area contributed by atoms with Gasteiger partial charge in [-0.05, 0) is 39.0 Å². The van der Waals surface area contributed by atoms with Crippen LogP contribution in [0.1, 0.15) is 33.1 Å². The Kier molecular flexibility index (Phi) is 3.69. The first-order chi connectivity index (χ1) is 7.76. The molecular weight excluding hydrogens is 204 g/mol. The van der Waals surface area contributed by atoms with Gasteiger partial charge in [0.25, 0.3) is 0 Å². The van der Waals surface area contributed by atoms with Gasteiger partial charge in [0, 0.05) is 19.7 Å². The lowest BCUT2D eigenvalue weighted by molar-refractivity contribution is 0.0811. The minimum absolute atomic E-state index is 0.0613. The van der Waals surface area contributed by atoms with Crippen molar-refractivity contribution in [2.45, 2.75) is 45.3 Å². The Bertz CT molecular complexity index is 249. The molecule has 92 valence electrons. The predicted octanol–water partition coefficient (Wildman–Crippen LogP) is 1.61. The summed E-state index contributed by atoms with van der Waals surface area (Å²) in [6, 6.07) is 0.298. The third-order valence-corrected chi connectivity index (χ3v) is 3.58. The van der Waals surface area contributed by atoms with Crippen LogP contribution in [0.15, 0.2) is 0 Å². The van der Waals surface area contributed by atoms with Crippen LogP contribution < -0.4 is 5.32 Å². The zero-order valence-corrected chi connectivity index (χ0v) is 10.2. The maximum absolute atomic E-state index is 11.9. The number of hydrogen-bond donors (Lipinski definition) is 1. The topological polar surface area (TPSA) is 41.6 Å². The molecule has 2 fully saturated rings. The largest absolute Gasteiger partial charge is 0.376 e.